The van der Waals surface area contributed by atoms with Gasteiger partial charge in [0.2, 0.25) is 5.95 Å². The van der Waals surface area contributed by atoms with Crippen LogP contribution in [0.3, 0.4) is 0 Å². The number of anilines is 1. The first kappa shape index (κ1) is 11.1. The van der Waals surface area contributed by atoms with Crippen LogP contribution >= 0.6 is 0 Å². The van der Waals surface area contributed by atoms with E-state index in [4.69, 9.17) is 5.73 Å². The van der Waals surface area contributed by atoms with Crippen LogP contribution in [0.1, 0.15) is 6.42 Å². The Kier molecular flexibility index (Phi) is 2.73. The lowest BCUT2D eigenvalue weighted by molar-refractivity contribution is -0.105. The Morgan fingerprint density at radius 3 is 3.12 bits per heavy atom. The number of rotatable bonds is 4. The van der Waals surface area contributed by atoms with Gasteiger partial charge in [-0.25, -0.2) is 4.98 Å². The fourth-order valence-corrected chi connectivity index (χ4v) is 1.46. The van der Waals surface area contributed by atoms with Crippen LogP contribution < -0.4 is 11.3 Å². The number of hydrogen-bond acceptors (Lipinski definition) is 5. The van der Waals surface area contributed by atoms with Gasteiger partial charge in [-0.2, -0.15) is 4.98 Å². The average molecular weight is 233 g/mol. The summed E-state index contributed by atoms with van der Waals surface area (Å²) in [4.78, 5) is 32.2. The maximum Gasteiger partial charge on any atom is 0.280 e. The zero-order valence-corrected chi connectivity index (χ0v) is 9.01. The third-order valence-corrected chi connectivity index (χ3v) is 2.33. The summed E-state index contributed by atoms with van der Waals surface area (Å²) >= 11 is 0. The number of aldehydes is 1. The Labute approximate surface area is 96.0 Å². The van der Waals surface area contributed by atoms with E-state index < -0.39 is 0 Å². The Hall–Kier alpha value is -2.44. The van der Waals surface area contributed by atoms with Crippen molar-refractivity contribution in [3.63, 3.8) is 0 Å². The highest BCUT2D eigenvalue weighted by Crippen LogP contribution is 2.08. The molecule has 0 aliphatic carbocycles. The summed E-state index contributed by atoms with van der Waals surface area (Å²) in [6.45, 7) is 4.05. The van der Waals surface area contributed by atoms with Gasteiger partial charge in [-0.15, -0.1) is 0 Å². The van der Waals surface area contributed by atoms with Gasteiger partial charge in [0.1, 0.15) is 6.29 Å². The fraction of sp³-hybridized carbons (Fsp3) is 0.200. The first-order chi connectivity index (χ1) is 8.11. The zero-order valence-electron chi connectivity index (χ0n) is 9.01. The topological polar surface area (TPSA) is 107 Å². The lowest BCUT2D eigenvalue weighted by Gasteiger charge is -2.02. The number of carbonyl (C=O) groups is 1. The molecule has 0 aromatic carbocycles. The number of aryl methyl sites for hydroxylation is 1. The van der Waals surface area contributed by atoms with E-state index in [1.54, 1.807) is 4.57 Å². The minimum atomic E-state index is -0.375. The number of carbonyl (C=O) groups excluding carboxylic acids is 1. The number of aromatic nitrogens is 4. The monoisotopic (exact) mass is 233 g/mol. The predicted molar refractivity (Wildman–Crippen MR) is 62.4 cm³/mol. The van der Waals surface area contributed by atoms with E-state index in [0.717, 1.165) is 0 Å². The molecule has 2 heterocycles. The number of nitrogens with two attached hydrogens (primary N) is 1. The van der Waals surface area contributed by atoms with Gasteiger partial charge in [-0.05, 0) is 12.0 Å². The van der Waals surface area contributed by atoms with Crippen molar-refractivity contribution >= 4 is 23.4 Å². The second kappa shape index (κ2) is 4.20. The van der Waals surface area contributed by atoms with Crippen molar-refractivity contribution in [2.24, 2.45) is 0 Å². The first-order valence-electron chi connectivity index (χ1n) is 4.95. The van der Waals surface area contributed by atoms with Crippen LogP contribution in [0.4, 0.5) is 5.95 Å². The summed E-state index contributed by atoms with van der Waals surface area (Å²) in [6, 6.07) is 0. The molecule has 0 aliphatic rings. The molecule has 0 radical (unpaired) electrons. The van der Waals surface area contributed by atoms with Crippen LogP contribution in [0.5, 0.6) is 0 Å². The molecule has 0 saturated carbocycles. The molecule has 3 N–H and O–H groups in total. The molecule has 88 valence electrons. The first-order valence-corrected chi connectivity index (χ1v) is 4.95. The molecule has 0 aliphatic heterocycles. The predicted octanol–water partition coefficient (Wildman–Crippen LogP) is -0.153. The van der Waals surface area contributed by atoms with E-state index >= 15 is 0 Å². The van der Waals surface area contributed by atoms with Crippen molar-refractivity contribution < 1.29 is 4.79 Å². The van der Waals surface area contributed by atoms with Gasteiger partial charge in [-0.3, -0.25) is 14.6 Å². The molecular weight excluding hydrogens is 222 g/mol. The van der Waals surface area contributed by atoms with E-state index in [2.05, 4.69) is 21.5 Å². The standard InChI is InChI=1S/C10H11N5O2/c1-6(4-16)2-3-15-5-12-7-8(15)13-10(11)14-9(7)17/h4-5H,1-3H2,(H3,11,13,14,17). The van der Waals surface area contributed by atoms with E-state index in [9.17, 15) is 9.59 Å². The van der Waals surface area contributed by atoms with E-state index in [-0.39, 0.29) is 17.0 Å². The molecule has 2 aromatic rings. The van der Waals surface area contributed by atoms with E-state index in [0.29, 0.717) is 30.5 Å². The average Bonchev–Trinajstić information content (AvgIpc) is 2.69. The summed E-state index contributed by atoms with van der Waals surface area (Å²) in [5, 5.41) is 0. The van der Waals surface area contributed by atoms with Gasteiger partial charge < -0.3 is 10.3 Å². The van der Waals surface area contributed by atoms with Gasteiger partial charge in [0.15, 0.2) is 11.2 Å². The minimum absolute atomic E-state index is 0.0402. The third kappa shape index (κ3) is 2.07. The molecule has 7 nitrogen and oxygen atoms in total. The normalized spacial score (nSPS) is 10.6. The lowest BCUT2D eigenvalue weighted by atomic mass is 10.2. The summed E-state index contributed by atoms with van der Waals surface area (Å²) in [5.41, 5.74) is 6.20. The number of nitrogens with one attached hydrogen (secondary N) is 1. The number of nitrogens with zero attached hydrogens (tertiary/aromatic N) is 3. The highest BCUT2D eigenvalue weighted by atomic mass is 16.1. The number of fused-ring (bicyclic) bond motifs is 1. The van der Waals surface area contributed by atoms with Crippen LogP contribution in [0.2, 0.25) is 0 Å². The summed E-state index contributed by atoms with van der Waals surface area (Å²) in [5.74, 6) is 0.0402. The SMILES string of the molecule is C=C(C=O)CCn1cnc2c(=O)[nH]c(N)nc21. The quantitative estimate of drug-likeness (QED) is 0.564. The van der Waals surface area contributed by atoms with Crippen LogP contribution in [0, 0.1) is 0 Å². The molecule has 0 bridgehead atoms. The fourth-order valence-electron chi connectivity index (χ4n) is 1.46. The number of hydrogen-bond donors (Lipinski definition) is 2. The van der Waals surface area contributed by atoms with Crippen molar-refractivity contribution in [3.8, 4) is 0 Å². The Balaban J connectivity index is 2.39. The maximum atomic E-state index is 11.5. The van der Waals surface area contributed by atoms with Gasteiger partial charge in [0.25, 0.3) is 5.56 Å². The largest absolute Gasteiger partial charge is 0.369 e. The number of H-pyrrole nitrogens is 1. The second-order valence-corrected chi connectivity index (χ2v) is 3.59. The smallest absolute Gasteiger partial charge is 0.280 e. The molecule has 2 rings (SSSR count). The summed E-state index contributed by atoms with van der Waals surface area (Å²) in [7, 11) is 0. The molecule has 0 amide bonds. The maximum absolute atomic E-state index is 11.5. The Morgan fingerprint density at radius 2 is 2.41 bits per heavy atom. The molecule has 0 spiro atoms. The van der Waals surface area contributed by atoms with Crippen molar-refractivity contribution in [3.05, 3.63) is 28.8 Å². The molecule has 7 heteroatoms. The Bertz CT molecular complexity index is 640. The lowest BCUT2D eigenvalue weighted by Crippen LogP contribution is -2.12. The molecule has 0 atom stereocenters. The van der Waals surface area contributed by atoms with Crippen LogP contribution in [-0.4, -0.2) is 25.8 Å². The number of nitrogen functional groups attached to an aromatic ring is 1. The van der Waals surface area contributed by atoms with E-state index in [1.165, 1.54) is 6.33 Å². The van der Waals surface area contributed by atoms with Crippen molar-refractivity contribution in [2.75, 3.05) is 5.73 Å². The minimum Gasteiger partial charge on any atom is -0.369 e. The second-order valence-electron chi connectivity index (χ2n) is 3.59. The van der Waals surface area contributed by atoms with Gasteiger partial charge in [-0.1, -0.05) is 6.58 Å². The van der Waals surface area contributed by atoms with Gasteiger partial charge in [0, 0.05) is 6.54 Å². The zero-order chi connectivity index (χ0) is 12.4. The summed E-state index contributed by atoms with van der Waals surface area (Å²) in [6.07, 6.45) is 2.67. The van der Waals surface area contributed by atoms with Crippen molar-refractivity contribution in [1.82, 2.24) is 19.5 Å². The van der Waals surface area contributed by atoms with Gasteiger partial charge in [0.05, 0.1) is 6.33 Å². The molecular formula is C10H11N5O2. The summed E-state index contributed by atoms with van der Waals surface area (Å²) < 4.78 is 1.66. The van der Waals surface area contributed by atoms with Crippen LogP contribution in [-0.2, 0) is 11.3 Å². The highest BCUT2D eigenvalue weighted by molar-refractivity contribution is 5.72. The molecule has 17 heavy (non-hydrogen) atoms. The number of imidazole rings is 1. The Morgan fingerprint density at radius 1 is 1.65 bits per heavy atom. The van der Waals surface area contributed by atoms with Crippen LogP contribution in [0.15, 0.2) is 23.3 Å². The van der Waals surface area contributed by atoms with Crippen LogP contribution in [0.25, 0.3) is 11.2 Å². The number of allylic oxidation sites excluding steroid dienone is 1. The molecule has 0 saturated heterocycles. The molecule has 0 fully saturated rings. The number of aromatic amines is 1. The van der Waals surface area contributed by atoms with Crippen molar-refractivity contribution in [2.45, 2.75) is 13.0 Å². The van der Waals surface area contributed by atoms with Crippen molar-refractivity contribution in [1.29, 1.82) is 0 Å². The highest BCUT2D eigenvalue weighted by Gasteiger charge is 2.08. The molecule has 2 aromatic heterocycles. The molecule has 0 unspecified atom stereocenters. The third-order valence-electron chi connectivity index (χ3n) is 2.33. The van der Waals surface area contributed by atoms with E-state index in [1.807, 2.05) is 0 Å². The van der Waals surface area contributed by atoms with Gasteiger partial charge >= 0.3 is 0 Å².